The summed E-state index contributed by atoms with van der Waals surface area (Å²) in [7, 11) is 1.38. The van der Waals surface area contributed by atoms with Crippen molar-refractivity contribution in [3.05, 3.63) is 28.0 Å². The summed E-state index contributed by atoms with van der Waals surface area (Å²) in [5.74, 6) is -0.447. The molecule has 1 aromatic rings. The Bertz CT molecular complexity index is 507. The fraction of sp³-hybridized carbons (Fsp3) is 0.429. The molecule has 0 spiro atoms. The first-order valence-electron chi connectivity index (χ1n) is 6.21. The van der Waals surface area contributed by atoms with Crippen molar-refractivity contribution in [2.45, 2.75) is 13.3 Å². The molecule has 0 aromatic carbocycles. The van der Waals surface area contributed by atoms with Crippen molar-refractivity contribution >= 4 is 29.3 Å². The summed E-state index contributed by atoms with van der Waals surface area (Å²) < 4.78 is 4.70. The Kier molecular flexibility index (Phi) is 4.37. The molecule has 0 bridgehead atoms. The number of likely N-dealkylation sites (tertiary alicyclic amines) is 1. The fourth-order valence-corrected chi connectivity index (χ4v) is 2.90. The molecule has 2 heterocycles. The number of hydrogen-bond donors (Lipinski definition) is 0. The van der Waals surface area contributed by atoms with E-state index in [0.29, 0.717) is 19.5 Å². The average Bonchev–Trinajstić information content (AvgIpc) is 3.04. The summed E-state index contributed by atoms with van der Waals surface area (Å²) in [4.78, 5) is 27.3. The number of ether oxygens (including phenoxy) is 1. The second-order valence-electron chi connectivity index (χ2n) is 4.57. The lowest BCUT2D eigenvalue weighted by Crippen LogP contribution is -2.28. The number of esters is 1. The molecule has 5 heteroatoms. The smallest absolute Gasteiger partial charge is 0.310 e. The highest BCUT2D eigenvalue weighted by atomic mass is 32.1. The largest absolute Gasteiger partial charge is 0.469 e. The first kappa shape index (κ1) is 13.8. The third kappa shape index (κ3) is 3.44. The topological polar surface area (TPSA) is 46.6 Å². The maximum absolute atomic E-state index is 12.0. The van der Waals surface area contributed by atoms with E-state index in [4.69, 9.17) is 4.74 Å². The van der Waals surface area contributed by atoms with Crippen molar-refractivity contribution in [2.75, 3.05) is 20.2 Å². The zero-order valence-corrected chi connectivity index (χ0v) is 11.9. The van der Waals surface area contributed by atoms with Crippen molar-refractivity contribution < 1.29 is 14.3 Å². The average molecular weight is 279 g/mol. The summed E-state index contributed by atoms with van der Waals surface area (Å²) >= 11 is 1.65. The Hall–Kier alpha value is -1.62. The summed E-state index contributed by atoms with van der Waals surface area (Å²) in [5.41, 5.74) is 0. The standard InChI is InChI=1S/C14H17NO3S/c1-10-3-4-12(19-10)5-6-13(16)15-8-7-11(9-15)14(17)18-2/h3-6,11H,7-9H2,1-2H3. The van der Waals surface area contributed by atoms with Crippen molar-refractivity contribution in [3.63, 3.8) is 0 Å². The quantitative estimate of drug-likeness (QED) is 0.629. The second kappa shape index (κ2) is 6.02. The van der Waals surface area contributed by atoms with Crippen molar-refractivity contribution in [1.82, 2.24) is 4.90 Å². The Morgan fingerprint density at radius 3 is 2.89 bits per heavy atom. The highest BCUT2D eigenvalue weighted by molar-refractivity contribution is 7.12. The highest BCUT2D eigenvalue weighted by Crippen LogP contribution is 2.19. The summed E-state index contributed by atoms with van der Waals surface area (Å²) in [6.45, 7) is 3.11. The molecule has 1 aliphatic rings. The molecule has 1 fully saturated rings. The molecule has 1 unspecified atom stereocenters. The number of carbonyl (C=O) groups is 2. The van der Waals surface area contributed by atoms with Gasteiger partial charge in [-0.3, -0.25) is 9.59 Å². The Labute approximate surface area is 116 Å². The van der Waals surface area contributed by atoms with E-state index in [1.54, 1.807) is 22.3 Å². The molecule has 0 aliphatic carbocycles. The highest BCUT2D eigenvalue weighted by Gasteiger charge is 2.30. The van der Waals surface area contributed by atoms with E-state index in [1.807, 2.05) is 25.1 Å². The van der Waals surface area contributed by atoms with Gasteiger partial charge in [0.1, 0.15) is 0 Å². The zero-order valence-electron chi connectivity index (χ0n) is 11.1. The van der Waals surface area contributed by atoms with E-state index in [0.717, 1.165) is 4.88 Å². The normalized spacial score (nSPS) is 19.1. The molecule has 4 nitrogen and oxygen atoms in total. The lowest BCUT2D eigenvalue weighted by atomic mass is 10.1. The van der Waals surface area contributed by atoms with E-state index in [9.17, 15) is 9.59 Å². The molecule has 0 radical (unpaired) electrons. The molecule has 1 atom stereocenters. The van der Waals surface area contributed by atoms with E-state index in [2.05, 4.69) is 0 Å². The minimum absolute atomic E-state index is 0.0440. The SMILES string of the molecule is COC(=O)C1CCN(C(=O)C=Cc2ccc(C)s2)C1. The molecule has 0 N–H and O–H groups in total. The molecule has 0 saturated carbocycles. The van der Waals surface area contributed by atoms with Crippen LogP contribution in [0.4, 0.5) is 0 Å². The van der Waals surface area contributed by atoms with Crippen LogP contribution in [0.2, 0.25) is 0 Å². The van der Waals surface area contributed by atoms with Crippen LogP contribution in [0.3, 0.4) is 0 Å². The lowest BCUT2D eigenvalue weighted by Gasteiger charge is -2.13. The number of amides is 1. The van der Waals surface area contributed by atoms with Crippen LogP contribution in [-0.4, -0.2) is 37.0 Å². The number of rotatable bonds is 3. The van der Waals surface area contributed by atoms with Crippen LogP contribution < -0.4 is 0 Å². The molecule has 1 aliphatic heterocycles. The van der Waals surface area contributed by atoms with Gasteiger partial charge in [0.15, 0.2) is 0 Å². The van der Waals surface area contributed by atoms with Gasteiger partial charge in [-0.05, 0) is 31.6 Å². The maximum Gasteiger partial charge on any atom is 0.310 e. The van der Waals surface area contributed by atoms with Crippen LogP contribution in [0.1, 0.15) is 16.2 Å². The van der Waals surface area contributed by atoms with Crippen LogP contribution >= 0.6 is 11.3 Å². The predicted molar refractivity (Wildman–Crippen MR) is 74.8 cm³/mol. The predicted octanol–water partition coefficient (Wildman–Crippen LogP) is 2.09. The van der Waals surface area contributed by atoms with Gasteiger partial charge < -0.3 is 9.64 Å². The monoisotopic (exact) mass is 279 g/mol. The molecule has 1 amide bonds. The van der Waals surface area contributed by atoms with Gasteiger partial charge in [-0.25, -0.2) is 0 Å². The van der Waals surface area contributed by atoms with E-state index in [1.165, 1.54) is 12.0 Å². The van der Waals surface area contributed by atoms with Gasteiger partial charge in [-0.2, -0.15) is 0 Å². The van der Waals surface area contributed by atoms with Gasteiger partial charge in [-0.15, -0.1) is 11.3 Å². The van der Waals surface area contributed by atoms with Crippen molar-refractivity contribution in [2.24, 2.45) is 5.92 Å². The molecule has 2 rings (SSSR count). The Morgan fingerprint density at radius 2 is 2.26 bits per heavy atom. The van der Waals surface area contributed by atoms with Crippen LogP contribution in [0, 0.1) is 12.8 Å². The second-order valence-corrected chi connectivity index (χ2v) is 5.89. The lowest BCUT2D eigenvalue weighted by molar-refractivity contribution is -0.145. The first-order chi connectivity index (χ1) is 9.10. The van der Waals surface area contributed by atoms with Crippen molar-refractivity contribution in [3.8, 4) is 0 Å². The molecule has 1 saturated heterocycles. The summed E-state index contributed by atoms with van der Waals surface area (Å²) in [6, 6.07) is 4.02. The van der Waals surface area contributed by atoms with Crippen molar-refractivity contribution in [1.29, 1.82) is 0 Å². The number of carbonyl (C=O) groups excluding carboxylic acids is 2. The van der Waals surface area contributed by atoms with E-state index >= 15 is 0 Å². The van der Waals surface area contributed by atoms with Gasteiger partial charge in [-0.1, -0.05) is 0 Å². The van der Waals surface area contributed by atoms with Gasteiger partial charge in [0.05, 0.1) is 13.0 Å². The Morgan fingerprint density at radius 1 is 1.47 bits per heavy atom. The third-order valence-electron chi connectivity index (χ3n) is 3.19. The van der Waals surface area contributed by atoms with Crippen LogP contribution in [0.15, 0.2) is 18.2 Å². The number of methoxy groups -OCH3 is 1. The fourth-order valence-electron chi connectivity index (χ4n) is 2.12. The van der Waals surface area contributed by atoms with Gasteiger partial charge in [0.25, 0.3) is 0 Å². The van der Waals surface area contributed by atoms with E-state index in [-0.39, 0.29) is 17.8 Å². The van der Waals surface area contributed by atoms with Crippen LogP contribution in [-0.2, 0) is 14.3 Å². The minimum atomic E-state index is -0.229. The zero-order chi connectivity index (χ0) is 13.8. The van der Waals surface area contributed by atoms with Gasteiger partial charge in [0.2, 0.25) is 5.91 Å². The first-order valence-corrected chi connectivity index (χ1v) is 7.03. The number of hydrogen-bond acceptors (Lipinski definition) is 4. The third-order valence-corrected chi connectivity index (χ3v) is 4.15. The molecule has 1 aromatic heterocycles. The van der Waals surface area contributed by atoms with Crippen LogP contribution in [0.5, 0.6) is 0 Å². The van der Waals surface area contributed by atoms with Gasteiger partial charge >= 0.3 is 5.97 Å². The summed E-state index contributed by atoms with van der Waals surface area (Å²) in [6.07, 6.45) is 4.08. The van der Waals surface area contributed by atoms with E-state index < -0.39 is 0 Å². The number of aryl methyl sites for hydroxylation is 1. The minimum Gasteiger partial charge on any atom is -0.469 e. The number of nitrogens with zero attached hydrogens (tertiary/aromatic N) is 1. The molecule has 102 valence electrons. The molecule has 19 heavy (non-hydrogen) atoms. The molecular formula is C14H17NO3S. The Balaban J connectivity index is 1.91. The maximum atomic E-state index is 12.0. The van der Waals surface area contributed by atoms with Crippen LogP contribution in [0.25, 0.3) is 6.08 Å². The summed E-state index contributed by atoms with van der Waals surface area (Å²) in [5, 5.41) is 0. The number of thiophene rings is 1. The molecular weight excluding hydrogens is 262 g/mol. The van der Waals surface area contributed by atoms with Gasteiger partial charge in [0, 0.05) is 28.9 Å².